The van der Waals surface area contributed by atoms with Crippen molar-refractivity contribution in [1.29, 1.82) is 0 Å². The number of aliphatic hydroxyl groups is 1. The molecule has 0 spiro atoms. The van der Waals surface area contributed by atoms with Crippen LogP contribution in [0.3, 0.4) is 0 Å². The van der Waals surface area contributed by atoms with Gasteiger partial charge in [-0.25, -0.2) is 0 Å². The van der Waals surface area contributed by atoms with Crippen LogP contribution < -0.4 is 5.32 Å². The molecule has 1 saturated heterocycles. The summed E-state index contributed by atoms with van der Waals surface area (Å²) >= 11 is 0. The van der Waals surface area contributed by atoms with Gasteiger partial charge in [-0.2, -0.15) is 0 Å². The molecule has 0 aromatic heterocycles. The average molecular weight is 189 g/mol. The fraction of sp³-hybridized carbons (Fsp3) is 1.00. The predicted molar refractivity (Wildman–Crippen MR) is 49.7 cm³/mol. The van der Waals surface area contributed by atoms with Gasteiger partial charge in [0.15, 0.2) is 0 Å². The quantitative estimate of drug-likeness (QED) is 0.586. The number of nitrogens with one attached hydrogen (secondary N) is 1. The summed E-state index contributed by atoms with van der Waals surface area (Å²) in [4.78, 5) is 0. The summed E-state index contributed by atoms with van der Waals surface area (Å²) in [6.07, 6.45) is 1.15. The maximum atomic E-state index is 8.52. The Kier molecular flexibility index (Phi) is 5.31. The van der Waals surface area contributed by atoms with Crippen molar-refractivity contribution < 1.29 is 14.6 Å². The van der Waals surface area contributed by atoms with Gasteiger partial charge in [-0.3, -0.25) is 0 Å². The van der Waals surface area contributed by atoms with Crippen LogP contribution in [0.4, 0.5) is 0 Å². The minimum absolute atomic E-state index is 0.169. The van der Waals surface area contributed by atoms with Crippen LogP contribution in [0.1, 0.15) is 13.3 Å². The van der Waals surface area contributed by atoms with Crippen LogP contribution in [0, 0.1) is 0 Å². The summed E-state index contributed by atoms with van der Waals surface area (Å²) < 4.78 is 11.0. The molecule has 0 saturated carbocycles. The predicted octanol–water partition coefficient (Wildman–Crippen LogP) is -0.238. The molecule has 4 heteroatoms. The number of hydrogen-bond donors (Lipinski definition) is 2. The van der Waals surface area contributed by atoms with E-state index in [0.29, 0.717) is 19.6 Å². The normalized spacial score (nSPS) is 29.1. The van der Waals surface area contributed by atoms with E-state index in [4.69, 9.17) is 14.6 Å². The van der Waals surface area contributed by atoms with Crippen molar-refractivity contribution in [2.75, 3.05) is 32.9 Å². The van der Waals surface area contributed by atoms with E-state index in [0.717, 1.165) is 13.1 Å². The first-order valence-corrected chi connectivity index (χ1v) is 4.87. The summed E-state index contributed by atoms with van der Waals surface area (Å²) in [7, 11) is 0. The first-order valence-electron chi connectivity index (χ1n) is 4.87. The van der Waals surface area contributed by atoms with Gasteiger partial charge in [0.25, 0.3) is 0 Å². The minimum Gasteiger partial charge on any atom is -0.396 e. The molecule has 2 unspecified atom stereocenters. The summed E-state index contributed by atoms with van der Waals surface area (Å²) in [5.41, 5.74) is 0. The molecule has 1 fully saturated rings. The minimum atomic E-state index is 0.169. The van der Waals surface area contributed by atoms with E-state index >= 15 is 0 Å². The molecule has 0 radical (unpaired) electrons. The second kappa shape index (κ2) is 6.32. The standard InChI is InChI=1S/C9H19NO3/c1-8-5-10-6-9(13-8)7-12-4-2-3-11/h8-11H,2-7H2,1H3. The third-order valence-electron chi connectivity index (χ3n) is 1.98. The molecule has 78 valence electrons. The van der Waals surface area contributed by atoms with Gasteiger partial charge in [0.05, 0.1) is 18.8 Å². The smallest absolute Gasteiger partial charge is 0.0936 e. The maximum Gasteiger partial charge on any atom is 0.0936 e. The molecule has 0 amide bonds. The first kappa shape index (κ1) is 10.9. The van der Waals surface area contributed by atoms with Crippen LogP contribution in [0.2, 0.25) is 0 Å². The zero-order valence-electron chi connectivity index (χ0n) is 8.16. The molecule has 2 N–H and O–H groups in total. The Balaban J connectivity index is 2.00. The monoisotopic (exact) mass is 189 g/mol. The van der Waals surface area contributed by atoms with Gasteiger partial charge < -0.3 is 19.9 Å². The molecule has 1 aliphatic rings. The number of hydrogen-bond acceptors (Lipinski definition) is 4. The number of rotatable bonds is 5. The molecule has 1 heterocycles. The molecule has 2 atom stereocenters. The van der Waals surface area contributed by atoms with Crippen molar-refractivity contribution in [2.45, 2.75) is 25.6 Å². The molecule has 1 rings (SSSR count). The Morgan fingerprint density at radius 1 is 1.54 bits per heavy atom. The Morgan fingerprint density at radius 3 is 3.08 bits per heavy atom. The Morgan fingerprint density at radius 2 is 2.38 bits per heavy atom. The van der Waals surface area contributed by atoms with Crippen molar-refractivity contribution >= 4 is 0 Å². The van der Waals surface area contributed by atoms with Gasteiger partial charge in [0, 0.05) is 26.3 Å². The van der Waals surface area contributed by atoms with E-state index in [1.807, 2.05) is 6.92 Å². The summed E-state index contributed by atoms with van der Waals surface area (Å²) in [5, 5.41) is 11.8. The lowest BCUT2D eigenvalue weighted by Crippen LogP contribution is -2.45. The van der Waals surface area contributed by atoms with Crippen molar-refractivity contribution in [3.63, 3.8) is 0 Å². The fourth-order valence-corrected chi connectivity index (χ4v) is 1.35. The largest absolute Gasteiger partial charge is 0.396 e. The average Bonchev–Trinajstić information content (AvgIpc) is 2.13. The van der Waals surface area contributed by atoms with E-state index in [9.17, 15) is 0 Å². The number of aliphatic hydroxyl groups excluding tert-OH is 1. The van der Waals surface area contributed by atoms with Gasteiger partial charge in [-0.1, -0.05) is 0 Å². The van der Waals surface area contributed by atoms with Gasteiger partial charge in [-0.15, -0.1) is 0 Å². The Bertz CT molecular complexity index is 132. The lowest BCUT2D eigenvalue weighted by molar-refractivity contribution is -0.0695. The van der Waals surface area contributed by atoms with Gasteiger partial charge in [0.2, 0.25) is 0 Å². The zero-order chi connectivity index (χ0) is 9.52. The maximum absolute atomic E-state index is 8.52. The van der Waals surface area contributed by atoms with E-state index in [1.54, 1.807) is 0 Å². The lowest BCUT2D eigenvalue weighted by atomic mass is 10.2. The SMILES string of the molecule is CC1CNCC(COCCCO)O1. The van der Waals surface area contributed by atoms with Crippen LogP contribution in [-0.2, 0) is 9.47 Å². The van der Waals surface area contributed by atoms with Gasteiger partial charge in [-0.05, 0) is 13.3 Å². The highest BCUT2D eigenvalue weighted by atomic mass is 16.5. The van der Waals surface area contributed by atoms with Crippen molar-refractivity contribution in [3.05, 3.63) is 0 Å². The van der Waals surface area contributed by atoms with Crippen LogP contribution in [0.15, 0.2) is 0 Å². The highest BCUT2D eigenvalue weighted by molar-refractivity contribution is 4.71. The Hall–Kier alpha value is -0.160. The molecule has 1 aliphatic heterocycles. The first-order chi connectivity index (χ1) is 6.33. The zero-order valence-corrected chi connectivity index (χ0v) is 8.16. The Labute approximate surface area is 79.2 Å². The molecule has 0 aromatic rings. The van der Waals surface area contributed by atoms with Gasteiger partial charge >= 0.3 is 0 Å². The molecule has 0 aliphatic carbocycles. The van der Waals surface area contributed by atoms with Crippen LogP contribution in [0.25, 0.3) is 0 Å². The van der Waals surface area contributed by atoms with Crippen LogP contribution in [-0.4, -0.2) is 50.2 Å². The highest BCUT2D eigenvalue weighted by Crippen LogP contribution is 2.03. The topological polar surface area (TPSA) is 50.7 Å². The van der Waals surface area contributed by atoms with E-state index < -0.39 is 0 Å². The number of morpholine rings is 1. The van der Waals surface area contributed by atoms with Gasteiger partial charge in [0.1, 0.15) is 0 Å². The van der Waals surface area contributed by atoms with Crippen LogP contribution >= 0.6 is 0 Å². The third kappa shape index (κ3) is 4.57. The highest BCUT2D eigenvalue weighted by Gasteiger charge is 2.18. The summed E-state index contributed by atoms with van der Waals surface area (Å²) in [6, 6.07) is 0. The summed E-state index contributed by atoms with van der Waals surface area (Å²) in [6.45, 7) is 5.27. The van der Waals surface area contributed by atoms with Crippen molar-refractivity contribution in [2.24, 2.45) is 0 Å². The second-order valence-corrected chi connectivity index (χ2v) is 3.38. The molecular weight excluding hydrogens is 170 g/mol. The second-order valence-electron chi connectivity index (χ2n) is 3.38. The third-order valence-corrected chi connectivity index (χ3v) is 1.98. The van der Waals surface area contributed by atoms with Crippen molar-refractivity contribution in [1.82, 2.24) is 5.32 Å². The van der Waals surface area contributed by atoms with Crippen molar-refractivity contribution in [3.8, 4) is 0 Å². The molecule has 0 aromatic carbocycles. The summed E-state index contributed by atoms with van der Waals surface area (Å²) in [5.74, 6) is 0. The molecule has 13 heavy (non-hydrogen) atoms. The molecular formula is C9H19NO3. The van der Waals surface area contributed by atoms with Crippen LogP contribution in [0.5, 0.6) is 0 Å². The molecule has 0 bridgehead atoms. The van der Waals surface area contributed by atoms with E-state index in [-0.39, 0.29) is 18.8 Å². The fourth-order valence-electron chi connectivity index (χ4n) is 1.35. The van der Waals surface area contributed by atoms with E-state index in [2.05, 4.69) is 5.32 Å². The molecule has 4 nitrogen and oxygen atoms in total. The lowest BCUT2D eigenvalue weighted by Gasteiger charge is -2.28. The van der Waals surface area contributed by atoms with E-state index in [1.165, 1.54) is 0 Å². The number of ether oxygens (including phenoxy) is 2.